The highest BCUT2D eigenvalue weighted by Crippen LogP contribution is 2.26. The normalized spacial score (nSPS) is 16.6. The number of aliphatic imine (C=N–C) groups is 1. The lowest BCUT2D eigenvalue weighted by atomic mass is 10.1. The first-order valence-electron chi connectivity index (χ1n) is 11.1. The van der Waals surface area contributed by atoms with Crippen LogP contribution < -0.4 is 10.6 Å². The molecule has 2 aromatic rings. The van der Waals surface area contributed by atoms with Crippen molar-refractivity contribution in [3.8, 4) is 0 Å². The molecule has 194 valence electrons. The van der Waals surface area contributed by atoms with Crippen LogP contribution in [-0.2, 0) is 14.8 Å². The molecular formula is C23H21Cl2N5O6S. The standard InChI is InChI=1S/C23H21Cl2N5O6S/c24-17-5-2-6-18(25)20(17)22(31)28-19-7-10-26-21(19)23(32)27-14-8-11-29(12-9-14)37(35,36)16-4-1-3-15(13-16)30(33)34/h1-7,13-14H,8-12H2,(H,27,32)(H,28,31). The first-order valence-corrected chi connectivity index (χ1v) is 13.3. The Morgan fingerprint density at radius 2 is 1.70 bits per heavy atom. The Balaban J connectivity index is 1.35. The summed E-state index contributed by atoms with van der Waals surface area (Å²) >= 11 is 12.2. The van der Waals surface area contributed by atoms with Crippen molar-refractivity contribution < 1.29 is 22.9 Å². The van der Waals surface area contributed by atoms with Crippen molar-refractivity contribution in [2.45, 2.75) is 23.8 Å². The van der Waals surface area contributed by atoms with Gasteiger partial charge in [-0.1, -0.05) is 35.3 Å². The molecule has 0 radical (unpaired) electrons. The van der Waals surface area contributed by atoms with Gasteiger partial charge in [0.05, 0.1) is 37.7 Å². The number of piperidine rings is 1. The fraction of sp³-hybridized carbons (Fsp3) is 0.261. The lowest BCUT2D eigenvalue weighted by molar-refractivity contribution is -0.385. The van der Waals surface area contributed by atoms with E-state index in [1.807, 2.05) is 0 Å². The number of nitro benzene ring substituents is 1. The summed E-state index contributed by atoms with van der Waals surface area (Å²) in [4.78, 5) is 39.9. The molecule has 2 aliphatic rings. The zero-order valence-corrected chi connectivity index (χ0v) is 21.5. The Hall–Kier alpha value is -3.32. The van der Waals surface area contributed by atoms with E-state index in [1.165, 1.54) is 34.6 Å². The van der Waals surface area contributed by atoms with Crippen LogP contribution in [0.2, 0.25) is 10.0 Å². The number of non-ortho nitro benzene ring substituents is 1. The molecule has 0 aliphatic carbocycles. The van der Waals surface area contributed by atoms with Gasteiger partial charge >= 0.3 is 0 Å². The summed E-state index contributed by atoms with van der Waals surface area (Å²) in [5.74, 6) is -1.08. The molecule has 0 saturated carbocycles. The fourth-order valence-corrected chi connectivity index (χ4v) is 6.09. The van der Waals surface area contributed by atoms with Crippen molar-refractivity contribution in [1.82, 2.24) is 14.9 Å². The smallest absolute Gasteiger partial charge is 0.271 e. The van der Waals surface area contributed by atoms with E-state index < -0.39 is 26.8 Å². The number of rotatable bonds is 7. The van der Waals surface area contributed by atoms with Gasteiger partial charge in [-0.15, -0.1) is 0 Å². The minimum atomic E-state index is -3.93. The Kier molecular flexibility index (Phi) is 7.93. The lowest BCUT2D eigenvalue weighted by Crippen LogP contribution is -2.48. The van der Waals surface area contributed by atoms with Gasteiger partial charge in [0.25, 0.3) is 17.5 Å². The van der Waals surface area contributed by atoms with Crippen LogP contribution in [-0.4, -0.2) is 60.8 Å². The number of nitro groups is 1. The molecule has 2 heterocycles. The topological polar surface area (TPSA) is 151 Å². The molecule has 2 aliphatic heterocycles. The summed E-state index contributed by atoms with van der Waals surface area (Å²) in [6, 6.07) is 9.22. The molecular weight excluding hydrogens is 545 g/mol. The molecule has 0 spiro atoms. The maximum absolute atomic E-state index is 12.9. The van der Waals surface area contributed by atoms with Gasteiger partial charge in [0.1, 0.15) is 5.71 Å². The number of amides is 2. The van der Waals surface area contributed by atoms with Crippen molar-refractivity contribution in [3.05, 3.63) is 80.0 Å². The number of nitrogens with zero attached hydrogens (tertiary/aromatic N) is 3. The molecule has 1 saturated heterocycles. The molecule has 4 rings (SSSR count). The number of carbonyl (C=O) groups excluding carboxylic acids is 2. The molecule has 0 atom stereocenters. The highest BCUT2D eigenvalue weighted by atomic mass is 35.5. The van der Waals surface area contributed by atoms with Crippen molar-refractivity contribution in [3.63, 3.8) is 0 Å². The van der Waals surface area contributed by atoms with Gasteiger partial charge in [0, 0.05) is 31.3 Å². The molecule has 2 aromatic carbocycles. The van der Waals surface area contributed by atoms with E-state index in [9.17, 15) is 28.1 Å². The zero-order chi connectivity index (χ0) is 26.7. The molecule has 0 aromatic heterocycles. The van der Waals surface area contributed by atoms with E-state index >= 15 is 0 Å². The Bertz CT molecular complexity index is 1410. The summed E-state index contributed by atoms with van der Waals surface area (Å²) in [5.41, 5.74) is 0.0383. The van der Waals surface area contributed by atoms with Gasteiger partial charge < -0.3 is 10.6 Å². The number of halogens is 2. The van der Waals surface area contributed by atoms with Crippen molar-refractivity contribution in [1.29, 1.82) is 0 Å². The minimum absolute atomic E-state index is 0.0446. The minimum Gasteiger partial charge on any atom is -0.348 e. The van der Waals surface area contributed by atoms with Gasteiger partial charge in [-0.05, 0) is 37.1 Å². The van der Waals surface area contributed by atoms with E-state index in [4.69, 9.17) is 23.2 Å². The van der Waals surface area contributed by atoms with Crippen LogP contribution in [0.1, 0.15) is 23.2 Å². The number of sulfonamides is 1. The van der Waals surface area contributed by atoms with E-state index in [2.05, 4.69) is 15.6 Å². The van der Waals surface area contributed by atoms with Gasteiger partial charge in [-0.25, -0.2) is 8.42 Å². The van der Waals surface area contributed by atoms with Crippen LogP contribution in [0.5, 0.6) is 0 Å². The monoisotopic (exact) mass is 565 g/mol. The van der Waals surface area contributed by atoms with Gasteiger partial charge in [0.15, 0.2) is 0 Å². The second-order valence-corrected chi connectivity index (χ2v) is 11.0. The fourth-order valence-electron chi connectivity index (χ4n) is 4.01. The van der Waals surface area contributed by atoms with Gasteiger partial charge in [-0.3, -0.25) is 24.7 Å². The van der Waals surface area contributed by atoms with Crippen molar-refractivity contribution in [2.75, 3.05) is 19.6 Å². The molecule has 2 N–H and O–H groups in total. The molecule has 1 fully saturated rings. The van der Waals surface area contributed by atoms with Crippen LogP contribution in [0.25, 0.3) is 0 Å². The SMILES string of the molecule is O=C(NC1CCN(S(=O)(=O)c2cccc([N+](=O)[O-])c2)CC1)C1=NCC=C1NC(=O)c1c(Cl)cccc1Cl. The summed E-state index contributed by atoms with van der Waals surface area (Å²) in [7, 11) is -3.93. The first-order chi connectivity index (χ1) is 17.6. The second kappa shape index (κ2) is 11.0. The molecule has 0 unspecified atom stereocenters. The van der Waals surface area contributed by atoms with Crippen LogP contribution in [0.4, 0.5) is 5.69 Å². The van der Waals surface area contributed by atoms with E-state index in [-0.39, 0.29) is 63.3 Å². The van der Waals surface area contributed by atoms with Crippen LogP contribution in [0, 0.1) is 10.1 Å². The summed E-state index contributed by atoms with van der Waals surface area (Å²) in [5, 5.41) is 16.8. The third kappa shape index (κ3) is 5.82. The number of benzene rings is 2. The number of hydrogen-bond donors (Lipinski definition) is 2. The van der Waals surface area contributed by atoms with Crippen LogP contribution in [0.15, 0.2) is 64.1 Å². The third-order valence-electron chi connectivity index (χ3n) is 5.91. The van der Waals surface area contributed by atoms with Gasteiger partial charge in [-0.2, -0.15) is 4.31 Å². The zero-order valence-electron chi connectivity index (χ0n) is 19.2. The lowest BCUT2D eigenvalue weighted by Gasteiger charge is -2.31. The highest BCUT2D eigenvalue weighted by molar-refractivity contribution is 7.89. The quantitative estimate of drug-likeness (QED) is 0.389. The van der Waals surface area contributed by atoms with E-state index in [1.54, 1.807) is 12.1 Å². The molecule has 2 amide bonds. The Morgan fingerprint density at radius 1 is 1.05 bits per heavy atom. The average Bonchev–Trinajstić information content (AvgIpc) is 3.32. The number of hydrogen-bond acceptors (Lipinski definition) is 7. The molecule has 11 nitrogen and oxygen atoms in total. The van der Waals surface area contributed by atoms with Gasteiger partial charge in [0.2, 0.25) is 10.0 Å². The number of carbonyl (C=O) groups is 2. The van der Waals surface area contributed by atoms with E-state index in [0.29, 0.717) is 12.8 Å². The van der Waals surface area contributed by atoms with Crippen LogP contribution in [0.3, 0.4) is 0 Å². The summed E-state index contributed by atoms with van der Waals surface area (Å²) < 4.78 is 27.1. The van der Waals surface area contributed by atoms with Crippen molar-refractivity contribution in [2.24, 2.45) is 4.99 Å². The van der Waals surface area contributed by atoms with Crippen LogP contribution >= 0.6 is 23.2 Å². The predicted octanol–water partition coefficient (Wildman–Crippen LogP) is 2.94. The third-order valence-corrected chi connectivity index (χ3v) is 8.43. The average molecular weight is 566 g/mol. The maximum atomic E-state index is 12.9. The van der Waals surface area contributed by atoms with E-state index in [0.717, 1.165) is 6.07 Å². The second-order valence-electron chi connectivity index (χ2n) is 8.26. The summed E-state index contributed by atoms with van der Waals surface area (Å²) in [6.07, 6.45) is 2.24. The highest BCUT2D eigenvalue weighted by Gasteiger charge is 2.32. The molecule has 37 heavy (non-hydrogen) atoms. The number of nitrogens with one attached hydrogen (secondary N) is 2. The predicted molar refractivity (Wildman–Crippen MR) is 137 cm³/mol. The Labute approximate surface area is 222 Å². The maximum Gasteiger partial charge on any atom is 0.271 e. The largest absolute Gasteiger partial charge is 0.348 e. The molecule has 0 bridgehead atoms. The Morgan fingerprint density at radius 3 is 2.35 bits per heavy atom. The molecule has 14 heteroatoms. The summed E-state index contributed by atoms with van der Waals surface area (Å²) in [6.45, 7) is 0.439. The first kappa shape index (κ1) is 26.7. The van der Waals surface area contributed by atoms with Crippen molar-refractivity contribution >= 4 is 56.4 Å².